The van der Waals surface area contributed by atoms with Gasteiger partial charge in [0.2, 0.25) is 5.91 Å². The first-order chi connectivity index (χ1) is 10.8. The van der Waals surface area contributed by atoms with Crippen molar-refractivity contribution in [1.82, 2.24) is 10.2 Å². The lowest BCUT2D eigenvalue weighted by molar-refractivity contribution is -0.137. The minimum absolute atomic E-state index is 0.207. The van der Waals surface area contributed by atoms with Crippen molar-refractivity contribution in [1.29, 1.82) is 0 Å². The highest BCUT2D eigenvalue weighted by Crippen LogP contribution is 2.29. The average molecular weight is 329 g/mol. The second-order valence-electron chi connectivity index (χ2n) is 5.86. The van der Waals surface area contributed by atoms with Gasteiger partial charge < -0.3 is 10.6 Å². The van der Waals surface area contributed by atoms with Crippen molar-refractivity contribution in [2.45, 2.75) is 38.0 Å². The number of piperidine rings is 1. The topological polar surface area (TPSA) is 44.4 Å². The lowest BCUT2D eigenvalue weighted by Gasteiger charge is -2.35. The van der Waals surface area contributed by atoms with Crippen molar-refractivity contribution in [2.24, 2.45) is 0 Å². The molecule has 0 aliphatic carbocycles. The Kier molecular flexibility index (Phi) is 5.64. The van der Waals surface area contributed by atoms with E-state index in [1.165, 1.54) is 12.1 Å². The van der Waals surface area contributed by atoms with Gasteiger partial charge in [0.05, 0.1) is 11.6 Å². The molecule has 1 fully saturated rings. The number of likely N-dealkylation sites (N-methyl/N-ethyl adjacent to an activating group) is 1. The highest BCUT2D eigenvalue weighted by atomic mass is 19.4. The van der Waals surface area contributed by atoms with Gasteiger partial charge in [-0.25, -0.2) is 0 Å². The SMILES string of the molecule is CNC1CCCN(C(C)C(=O)Nc2ccc(C(F)(F)F)cc2)C1. The normalized spacial score (nSPS) is 21.0. The number of hydrogen-bond donors (Lipinski definition) is 2. The fourth-order valence-corrected chi connectivity index (χ4v) is 2.75. The first kappa shape index (κ1) is 17.7. The van der Waals surface area contributed by atoms with Gasteiger partial charge in [-0.1, -0.05) is 0 Å². The molecule has 2 N–H and O–H groups in total. The molecule has 2 atom stereocenters. The Morgan fingerprint density at radius 2 is 1.96 bits per heavy atom. The molecular weight excluding hydrogens is 307 g/mol. The Morgan fingerprint density at radius 1 is 1.30 bits per heavy atom. The highest BCUT2D eigenvalue weighted by Gasteiger charge is 2.30. The molecule has 128 valence electrons. The third-order valence-electron chi connectivity index (χ3n) is 4.27. The number of amides is 1. The smallest absolute Gasteiger partial charge is 0.325 e. The van der Waals surface area contributed by atoms with Gasteiger partial charge in [-0.05, 0) is 57.6 Å². The number of nitrogens with zero attached hydrogens (tertiary/aromatic N) is 1. The van der Waals surface area contributed by atoms with Crippen molar-refractivity contribution in [2.75, 3.05) is 25.5 Å². The number of rotatable bonds is 4. The van der Waals surface area contributed by atoms with Crippen LogP contribution in [0.2, 0.25) is 0 Å². The van der Waals surface area contributed by atoms with Gasteiger partial charge in [0.15, 0.2) is 0 Å². The Labute approximate surface area is 134 Å². The Morgan fingerprint density at radius 3 is 2.52 bits per heavy atom. The summed E-state index contributed by atoms with van der Waals surface area (Å²) in [6.45, 7) is 3.45. The lowest BCUT2D eigenvalue weighted by Crippen LogP contribution is -2.51. The van der Waals surface area contributed by atoms with Crippen LogP contribution in [0.5, 0.6) is 0 Å². The summed E-state index contributed by atoms with van der Waals surface area (Å²) in [7, 11) is 1.90. The molecular formula is C16H22F3N3O. The lowest BCUT2D eigenvalue weighted by atomic mass is 10.0. The number of carbonyl (C=O) groups is 1. The van der Waals surface area contributed by atoms with E-state index >= 15 is 0 Å². The van der Waals surface area contributed by atoms with Crippen LogP contribution in [-0.4, -0.2) is 43.0 Å². The van der Waals surface area contributed by atoms with Crippen LogP contribution < -0.4 is 10.6 Å². The molecule has 2 unspecified atom stereocenters. The average Bonchev–Trinajstić information content (AvgIpc) is 2.53. The van der Waals surface area contributed by atoms with E-state index in [0.29, 0.717) is 11.7 Å². The van der Waals surface area contributed by atoms with E-state index < -0.39 is 11.7 Å². The Bertz CT molecular complexity index is 530. The van der Waals surface area contributed by atoms with Crippen LogP contribution in [-0.2, 0) is 11.0 Å². The van der Waals surface area contributed by atoms with Crippen LogP contribution in [0.25, 0.3) is 0 Å². The number of carbonyl (C=O) groups excluding carboxylic acids is 1. The van der Waals surface area contributed by atoms with E-state index in [4.69, 9.17) is 0 Å². The predicted molar refractivity (Wildman–Crippen MR) is 83.2 cm³/mol. The van der Waals surface area contributed by atoms with Crippen LogP contribution in [0.15, 0.2) is 24.3 Å². The van der Waals surface area contributed by atoms with E-state index in [-0.39, 0.29) is 11.9 Å². The van der Waals surface area contributed by atoms with E-state index in [2.05, 4.69) is 15.5 Å². The first-order valence-corrected chi connectivity index (χ1v) is 7.70. The maximum atomic E-state index is 12.5. The van der Waals surface area contributed by atoms with Gasteiger partial charge in [-0.3, -0.25) is 9.69 Å². The van der Waals surface area contributed by atoms with Crippen LogP contribution in [0.3, 0.4) is 0 Å². The minimum Gasteiger partial charge on any atom is -0.325 e. The zero-order valence-corrected chi connectivity index (χ0v) is 13.3. The molecule has 23 heavy (non-hydrogen) atoms. The Hall–Kier alpha value is -1.60. The summed E-state index contributed by atoms with van der Waals surface area (Å²) in [6, 6.07) is 4.54. The van der Waals surface area contributed by atoms with E-state index in [1.807, 2.05) is 14.0 Å². The summed E-state index contributed by atoms with van der Waals surface area (Å²) in [5.41, 5.74) is -0.353. The number of anilines is 1. The van der Waals surface area contributed by atoms with Crippen LogP contribution in [0, 0.1) is 0 Å². The summed E-state index contributed by atoms with van der Waals surface area (Å²) in [6.07, 6.45) is -2.27. The van der Waals surface area contributed by atoms with E-state index in [0.717, 1.165) is 38.1 Å². The van der Waals surface area contributed by atoms with Gasteiger partial charge in [0.1, 0.15) is 0 Å². The monoisotopic (exact) mass is 329 g/mol. The van der Waals surface area contributed by atoms with Gasteiger partial charge in [-0.2, -0.15) is 13.2 Å². The van der Waals surface area contributed by atoms with Crippen molar-refractivity contribution in [3.63, 3.8) is 0 Å². The van der Waals surface area contributed by atoms with Crippen LogP contribution >= 0.6 is 0 Å². The molecule has 4 nitrogen and oxygen atoms in total. The maximum absolute atomic E-state index is 12.5. The van der Waals surface area contributed by atoms with Crippen molar-refractivity contribution >= 4 is 11.6 Å². The molecule has 0 bridgehead atoms. The molecule has 1 aliphatic heterocycles. The number of halogens is 3. The number of alkyl halides is 3. The van der Waals surface area contributed by atoms with E-state index in [9.17, 15) is 18.0 Å². The largest absolute Gasteiger partial charge is 0.416 e. The fraction of sp³-hybridized carbons (Fsp3) is 0.562. The quantitative estimate of drug-likeness (QED) is 0.893. The standard InChI is InChI=1S/C16H22F3N3O/c1-11(22-9-3-4-14(10-22)20-2)15(23)21-13-7-5-12(6-8-13)16(17,18)19/h5-8,11,14,20H,3-4,9-10H2,1-2H3,(H,21,23). The van der Waals surface area contributed by atoms with Crippen molar-refractivity contribution in [3.8, 4) is 0 Å². The molecule has 7 heteroatoms. The number of nitrogens with one attached hydrogen (secondary N) is 2. The molecule has 0 radical (unpaired) electrons. The van der Waals surface area contributed by atoms with E-state index in [1.54, 1.807) is 0 Å². The molecule has 0 aromatic heterocycles. The molecule has 1 aliphatic rings. The molecule has 0 spiro atoms. The zero-order valence-electron chi connectivity index (χ0n) is 13.3. The van der Waals surface area contributed by atoms with Crippen molar-refractivity contribution in [3.05, 3.63) is 29.8 Å². The maximum Gasteiger partial charge on any atom is 0.416 e. The summed E-state index contributed by atoms with van der Waals surface area (Å²) in [4.78, 5) is 14.4. The third kappa shape index (κ3) is 4.68. The predicted octanol–water partition coefficient (Wildman–Crippen LogP) is 2.72. The summed E-state index contributed by atoms with van der Waals surface area (Å²) in [5.74, 6) is -0.207. The fourth-order valence-electron chi connectivity index (χ4n) is 2.75. The van der Waals surface area contributed by atoms with Gasteiger partial charge in [0.25, 0.3) is 0 Å². The summed E-state index contributed by atoms with van der Waals surface area (Å²) >= 11 is 0. The van der Waals surface area contributed by atoms with Gasteiger partial charge in [0, 0.05) is 18.3 Å². The molecule has 1 heterocycles. The van der Waals surface area contributed by atoms with Crippen LogP contribution in [0.4, 0.5) is 18.9 Å². The molecule has 2 rings (SSSR count). The van der Waals surface area contributed by atoms with Gasteiger partial charge in [-0.15, -0.1) is 0 Å². The molecule has 0 saturated carbocycles. The number of hydrogen-bond acceptors (Lipinski definition) is 3. The molecule has 1 amide bonds. The van der Waals surface area contributed by atoms with Gasteiger partial charge >= 0.3 is 6.18 Å². The second kappa shape index (κ2) is 7.31. The third-order valence-corrected chi connectivity index (χ3v) is 4.27. The minimum atomic E-state index is -4.37. The Balaban J connectivity index is 1.95. The molecule has 1 aromatic rings. The molecule has 1 saturated heterocycles. The number of likely N-dealkylation sites (tertiary alicyclic amines) is 1. The highest BCUT2D eigenvalue weighted by molar-refractivity contribution is 5.94. The molecule has 1 aromatic carbocycles. The summed E-state index contributed by atoms with van der Waals surface area (Å²) in [5, 5.41) is 5.90. The zero-order chi connectivity index (χ0) is 17.0. The summed E-state index contributed by atoms with van der Waals surface area (Å²) < 4.78 is 37.6. The van der Waals surface area contributed by atoms with Crippen LogP contribution in [0.1, 0.15) is 25.3 Å². The first-order valence-electron chi connectivity index (χ1n) is 7.70. The van der Waals surface area contributed by atoms with Crippen molar-refractivity contribution < 1.29 is 18.0 Å². The number of benzene rings is 1. The second-order valence-corrected chi connectivity index (χ2v) is 5.86.